The number of likely N-dealkylation sites (N-methyl/N-ethyl adjacent to an activating group) is 2. The SMILES string of the molecule is C/C(=C\[C@H](C(C)C)N(C)C(=O)[C@@H](NC(=O)[C@@H](N(C)C(=O)OC(C)(C)C)C(C)(C)c1ccccc1)C(C)(C)C)C(=O)NS(=O)(=O)Cc1ccc(NC(=O)C(F)(F)F)cc1. The van der Waals surface area contributed by atoms with Crippen LogP contribution in [0.1, 0.15) is 87.3 Å². The summed E-state index contributed by atoms with van der Waals surface area (Å²) < 4.78 is 71.2. The molecule has 0 radical (unpaired) electrons. The summed E-state index contributed by atoms with van der Waals surface area (Å²) >= 11 is 0. The molecule has 5 amide bonds. The van der Waals surface area contributed by atoms with Gasteiger partial charge in [-0.3, -0.25) is 24.1 Å². The Hall–Kier alpha value is -4.93. The topological polar surface area (TPSA) is 171 Å². The first-order chi connectivity index (χ1) is 26.3. The molecule has 0 heterocycles. The number of carbonyl (C=O) groups excluding carboxylic acids is 5. The van der Waals surface area contributed by atoms with E-state index in [4.69, 9.17) is 4.74 Å². The Balaban J connectivity index is 2.38. The molecule has 13 nitrogen and oxygen atoms in total. The van der Waals surface area contributed by atoms with Crippen LogP contribution in [-0.4, -0.2) is 91.9 Å². The van der Waals surface area contributed by atoms with E-state index in [9.17, 15) is 45.6 Å². The maximum atomic E-state index is 14.5. The minimum atomic E-state index is -5.11. The van der Waals surface area contributed by atoms with E-state index in [2.05, 4.69) is 5.32 Å². The summed E-state index contributed by atoms with van der Waals surface area (Å²) in [5.74, 6) is -5.29. The van der Waals surface area contributed by atoms with Gasteiger partial charge in [-0.25, -0.2) is 17.9 Å². The summed E-state index contributed by atoms with van der Waals surface area (Å²) in [4.78, 5) is 69.3. The molecular formula is C41H58F3N5O8S. The predicted octanol–water partition coefficient (Wildman–Crippen LogP) is 6.31. The minimum Gasteiger partial charge on any atom is -0.444 e. The Kier molecular flexibility index (Phi) is 15.9. The van der Waals surface area contributed by atoms with Crippen LogP contribution in [0.25, 0.3) is 0 Å². The molecule has 322 valence electrons. The van der Waals surface area contributed by atoms with Crippen molar-refractivity contribution in [2.75, 3.05) is 19.4 Å². The van der Waals surface area contributed by atoms with Crippen LogP contribution < -0.4 is 15.4 Å². The minimum absolute atomic E-state index is 0.0351. The van der Waals surface area contributed by atoms with Gasteiger partial charge < -0.3 is 20.3 Å². The predicted molar refractivity (Wildman–Crippen MR) is 216 cm³/mol. The van der Waals surface area contributed by atoms with Crippen LogP contribution in [0.5, 0.6) is 0 Å². The highest BCUT2D eigenvalue weighted by Crippen LogP contribution is 2.32. The number of hydrogen-bond acceptors (Lipinski definition) is 8. The second-order valence-corrected chi connectivity index (χ2v) is 19.0. The van der Waals surface area contributed by atoms with Gasteiger partial charge in [0, 0.05) is 30.8 Å². The molecule has 58 heavy (non-hydrogen) atoms. The number of anilines is 1. The molecule has 0 fully saturated rings. The largest absolute Gasteiger partial charge is 0.471 e. The monoisotopic (exact) mass is 837 g/mol. The molecule has 2 aromatic rings. The van der Waals surface area contributed by atoms with Gasteiger partial charge in [0.2, 0.25) is 21.8 Å². The first kappa shape index (κ1) is 49.2. The second-order valence-electron chi connectivity index (χ2n) is 17.3. The van der Waals surface area contributed by atoms with Crippen LogP contribution in [0.4, 0.5) is 23.7 Å². The molecule has 2 aromatic carbocycles. The Morgan fingerprint density at radius 2 is 1.36 bits per heavy atom. The number of hydrogen-bond donors (Lipinski definition) is 3. The van der Waals surface area contributed by atoms with Crippen molar-refractivity contribution >= 4 is 45.4 Å². The zero-order valence-electron chi connectivity index (χ0n) is 35.5. The lowest BCUT2D eigenvalue weighted by Crippen LogP contribution is -2.63. The molecule has 0 aliphatic heterocycles. The number of nitrogens with one attached hydrogen (secondary N) is 3. The van der Waals surface area contributed by atoms with E-state index < -0.39 is 86.2 Å². The normalized spacial score (nSPS) is 14.5. The Labute approximate surface area is 340 Å². The summed E-state index contributed by atoms with van der Waals surface area (Å²) in [6, 6.07) is 10.7. The van der Waals surface area contributed by atoms with Crippen LogP contribution in [0.3, 0.4) is 0 Å². The molecular weight excluding hydrogens is 780 g/mol. The van der Waals surface area contributed by atoms with Crippen LogP contribution in [0.15, 0.2) is 66.2 Å². The molecule has 3 atom stereocenters. The molecule has 0 aromatic heterocycles. The lowest BCUT2D eigenvalue weighted by Gasteiger charge is -2.42. The highest BCUT2D eigenvalue weighted by molar-refractivity contribution is 7.89. The number of ether oxygens (including phenoxy) is 1. The van der Waals surface area contributed by atoms with Gasteiger partial charge in [-0.05, 0) is 62.3 Å². The molecule has 0 bridgehead atoms. The summed E-state index contributed by atoms with van der Waals surface area (Å²) in [5, 5.41) is 4.59. The maximum Gasteiger partial charge on any atom is 0.471 e. The smallest absolute Gasteiger partial charge is 0.444 e. The number of carbonyl (C=O) groups is 5. The number of sulfonamides is 1. The Morgan fingerprint density at radius 1 is 0.828 bits per heavy atom. The lowest BCUT2D eigenvalue weighted by molar-refractivity contribution is -0.167. The van der Waals surface area contributed by atoms with E-state index in [1.807, 2.05) is 48.9 Å². The van der Waals surface area contributed by atoms with Gasteiger partial charge in [-0.2, -0.15) is 13.2 Å². The summed E-state index contributed by atoms with van der Waals surface area (Å²) in [5.41, 5.74) is -2.04. The van der Waals surface area contributed by atoms with E-state index in [0.717, 1.165) is 17.7 Å². The van der Waals surface area contributed by atoms with E-state index in [1.54, 1.807) is 60.7 Å². The third-order valence-corrected chi connectivity index (χ3v) is 10.5. The van der Waals surface area contributed by atoms with Crippen LogP contribution in [0.2, 0.25) is 0 Å². The third-order valence-electron chi connectivity index (χ3n) is 9.25. The summed E-state index contributed by atoms with van der Waals surface area (Å²) in [6.07, 6.45) is -4.39. The van der Waals surface area contributed by atoms with E-state index in [0.29, 0.717) is 0 Å². The Morgan fingerprint density at radius 3 is 1.83 bits per heavy atom. The van der Waals surface area contributed by atoms with Crippen molar-refractivity contribution in [3.05, 3.63) is 77.4 Å². The molecule has 0 aliphatic carbocycles. The lowest BCUT2D eigenvalue weighted by atomic mass is 9.76. The first-order valence-corrected chi connectivity index (χ1v) is 20.2. The number of amides is 5. The van der Waals surface area contributed by atoms with Crippen molar-refractivity contribution in [2.45, 2.75) is 117 Å². The van der Waals surface area contributed by atoms with Gasteiger partial charge >= 0.3 is 18.2 Å². The maximum absolute atomic E-state index is 14.5. The van der Waals surface area contributed by atoms with Gasteiger partial charge in [-0.15, -0.1) is 0 Å². The van der Waals surface area contributed by atoms with Gasteiger partial charge in [0.1, 0.15) is 17.7 Å². The number of alkyl halides is 3. The molecule has 3 N–H and O–H groups in total. The van der Waals surface area contributed by atoms with Crippen molar-refractivity contribution in [3.63, 3.8) is 0 Å². The molecule has 2 rings (SSSR count). The third kappa shape index (κ3) is 13.9. The van der Waals surface area contributed by atoms with Crippen LogP contribution in [-0.2, 0) is 45.1 Å². The molecule has 0 spiro atoms. The molecule has 0 saturated carbocycles. The van der Waals surface area contributed by atoms with E-state index in [-0.39, 0.29) is 22.7 Å². The van der Waals surface area contributed by atoms with Crippen molar-refractivity contribution in [1.82, 2.24) is 19.8 Å². The fourth-order valence-electron chi connectivity index (χ4n) is 6.12. The van der Waals surface area contributed by atoms with Crippen LogP contribution in [0, 0.1) is 11.3 Å². The van der Waals surface area contributed by atoms with Crippen LogP contribution >= 0.6 is 0 Å². The number of nitrogens with zero attached hydrogens (tertiary/aromatic N) is 2. The average Bonchev–Trinajstić information content (AvgIpc) is 3.07. The fraction of sp³-hybridized carbons (Fsp3) is 0.537. The quantitative estimate of drug-likeness (QED) is 0.186. The summed E-state index contributed by atoms with van der Waals surface area (Å²) in [6.45, 7) is 19.1. The summed E-state index contributed by atoms with van der Waals surface area (Å²) in [7, 11) is -1.34. The fourth-order valence-corrected chi connectivity index (χ4v) is 7.27. The van der Waals surface area contributed by atoms with E-state index >= 15 is 0 Å². The molecule has 17 heteroatoms. The average molecular weight is 838 g/mol. The molecule has 0 unspecified atom stereocenters. The number of halogens is 3. The highest BCUT2D eigenvalue weighted by Gasteiger charge is 2.46. The van der Waals surface area contributed by atoms with Gasteiger partial charge in [-0.1, -0.05) is 97.0 Å². The second kappa shape index (κ2) is 18.8. The van der Waals surface area contributed by atoms with Gasteiger partial charge in [0.25, 0.3) is 5.91 Å². The highest BCUT2D eigenvalue weighted by atomic mass is 32.2. The van der Waals surface area contributed by atoms with Crippen molar-refractivity contribution < 1.29 is 50.3 Å². The van der Waals surface area contributed by atoms with Crippen molar-refractivity contribution in [1.29, 1.82) is 0 Å². The van der Waals surface area contributed by atoms with E-state index in [1.165, 1.54) is 49.0 Å². The zero-order chi connectivity index (χ0) is 44.8. The number of benzene rings is 2. The number of rotatable bonds is 14. The molecule has 0 saturated heterocycles. The van der Waals surface area contributed by atoms with Crippen molar-refractivity contribution in [2.24, 2.45) is 11.3 Å². The zero-order valence-corrected chi connectivity index (χ0v) is 36.3. The first-order valence-electron chi connectivity index (χ1n) is 18.6. The molecule has 0 aliphatic rings. The van der Waals surface area contributed by atoms with Crippen molar-refractivity contribution in [3.8, 4) is 0 Å². The van der Waals surface area contributed by atoms with Gasteiger partial charge in [0.15, 0.2) is 0 Å². The standard InChI is InChI=1S/C41H58F3N5O8S/c1-25(2)30(23-26(3)33(50)47-58(55,56)24-27-19-21-29(22-20-27)45-36(53)41(42,43)44)48(12)35(52)31(38(4,5)6)46-34(51)32(49(13)37(54)57-39(7,8)9)40(10,11)28-17-15-14-16-18-28/h14-23,25,30-32H,24H2,1-13H3,(H,45,53)(H,46,51)(H,47,50)/b26-23+/t30-,31-,32-/m1/s1. The van der Waals surface area contributed by atoms with Gasteiger partial charge in [0.05, 0.1) is 11.8 Å². The Bertz CT molecular complexity index is 1940.